The third-order valence-electron chi connectivity index (χ3n) is 4.18. The summed E-state index contributed by atoms with van der Waals surface area (Å²) in [5, 5.41) is 0. The summed E-state index contributed by atoms with van der Waals surface area (Å²) in [5.74, 6) is 1.59. The predicted octanol–water partition coefficient (Wildman–Crippen LogP) is 3.15. The SMILES string of the molecule is COc1ccc(C(CN)Cc2cc(OC)c(OC)cc2OC)cc1F. The molecule has 1 atom stereocenters. The Kier molecular flexibility index (Phi) is 6.47. The second-order valence-electron chi connectivity index (χ2n) is 5.55. The summed E-state index contributed by atoms with van der Waals surface area (Å²) in [7, 11) is 6.18. The van der Waals surface area contributed by atoms with E-state index in [0.29, 0.717) is 30.2 Å². The third-order valence-corrected chi connectivity index (χ3v) is 4.18. The molecule has 2 N–H and O–H groups in total. The lowest BCUT2D eigenvalue weighted by molar-refractivity contribution is 0.347. The number of nitrogens with two attached hydrogens (primary N) is 1. The van der Waals surface area contributed by atoms with E-state index in [0.717, 1.165) is 11.1 Å². The van der Waals surface area contributed by atoms with Gasteiger partial charge >= 0.3 is 0 Å². The van der Waals surface area contributed by atoms with Crippen LogP contribution in [0.25, 0.3) is 0 Å². The van der Waals surface area contributed by atoms with Crippen molar-refractivity contribution in [3.05, 3.63) is 47.3 Å². The number of hydrogen-bond donors (Lipinski definition) is 1. The van der Waals surface area contributed by atoms with E-state index in [1.165, 1.54) is 13.2 Å². The van der Waals surface area contributed by atoms with Gasteiger partial charge in [0, 0.05) is 12.0 Å². The van der Waals surface area contributed by atoms with Crippen LogP contribution in [0.2, 0.25) is 0 Å². The van der Waals surface area contributed by atoms with Crippen molar-refractivity contribution in [1.82, 2.24) is 0 Å². The highest BCUT2D eigenvalue weighted by atomic mass is 19.1. The molecule has 0 radical (unpaired) electrons. The van der Waals surface area contributed by atoms with E-state index in [-0.39, 0.29) is 11.7 Å². The summed E-state index contributed by atoms with van der Waals surface area (Å²) in [4.78, 5) is 0. The van der Waals surface area contributed by atoms with Gasteiger partial charge in [-0.1, -0.05) is 6.07 Å². The summed E-state index contributed by atoms with van der Waals surface area (Å²) in [6.45, 7) is 0.364. The minimum Gasteiger partial charge on any atom is -0.496 e. The van der Waals surface area contributed by atoms with Gasteiger partial charge in [-0.2, -0.15) is 0 Å². The quantitative estimate of drug-likeness (QED) is 0.793. The maximum atomic E-state index is 14.0. The normalized spacial score (nSPS) is 11.8. The van der Waals surface area contributed by atoms with E-state index in [2.05, 4.69) is 0 Å². The topological polar surface area (TPSA) is 62.9 Å². The maximum absolute atomic E-state index is 14.0. The van der Waals surface area contributed by atoms with E-state index in [1.54, 1.807) is 33.5 Å². The monoisotopic (exact) mass is 349 g/mol. The molecule has 2 rings (SSSR count). The predicted molar refractivity (Wildman–Crippen MR) is 94.5 cm³/mol. The van der Waals surface area contributed by atoms with Crippen molar-refractivity contribution in [1.29, 1.82) is 0 Å². The molecule has 0 amide bonds. The van der Waals surface area contributed by atoms with Gasteiger partial charge in [-0.3, -0.25) is 0 Å². The molecular weight excluding hydrogens is 325 g/mol. The fraction of sp³-hybridized carbons (Fsp3) is 0.368. The average molecular weight is 349 g/mol. The smallest absolute Gasteiger partial charge is 0.165 e. The lowest BCUT2D eigenvalue weighted by Crippen LogP contribution is -2.16. The molecule has 2 aromatic carbocycles. The van der Waals surface area contributed by atoms with Gasteiger partial charge in [0.2, 0.25) is 0 Å². The second kappa shape index (κ2) is 8.58. The van der Waals surface area contributed by atoms with E-state index in [9.17, 15) is 4.39 Å². The minimum absolute atomic E-state index is 0.0765. The lowest BCUT2D eigenvalue weighted by Gasteiger charge is -2.19. The lowest BCUT2D eigenvalue weighted by atomic mass is 9.91. The van der Waals surface area contributed by atoms with Crippen LogP contribution >= 0.6 is 0 Å². The molecule has 6 heteroatoms. The molecule has 0 spiro atoms. The molecule has 0 aliphatic heterocycles. The van der Waals surface area contributed by atoms with Crippen molar-refractivity contribution in [2.45, 2.75) is 12.3 Å². The van der Waals surface area contributed by atoms with Crippen LogP contribution in [0.5, 0.6) is 23.0 Å². The first-order valence-corrected chi connectivity index (χ1v) is 7.90. The molecule has 2 aromatic rings. The summed E-state index contributed by atoms with van der Waals surface area (Å²) in [6, 6.07) is 8.53. The van der Waals surface area contributed by atoms with Crippen LogP contribution in [0.15, 0.2) is 30.3 Å². The van der Waals surface area contributed by atoms with E-state index >= 15 is 0 Å². The first-order valence-electron chi connectivity index (χ1n) is 7.90. The van der Waals surface area contributed by atoms with Gasteiger partial charge in [0.05, 0.1) is 28.4 Å². The molecule has 0 aliphatic rings. The molecular formula is C19H24FNO4. The van der Waals surface area contributed by atoms with Crippen LogP contribution in [-0.2, 0) is 6.42 Å². The van der Waals surface area contributed by atoms with Gasteiger partial charge in [-0.05, 0) is 42.3 Å². The van der Waals surface area contributed by atoms with Crippen molar-refractivity contribution in [2.75, 3.05) is 35.0 Å². The Morgan fingerprint density at radius 1 is 0.840 bits per heavy atom. The molecule has 0 saturated heterocycles. The standard InChI is InChI=1S/C19H24FNO4/c1-22-16-6-5-12(8-15(16)20)14(11-21)7-13-9-18(24-3)19(25-4)10-17(13)23-2/h5-6,8-10,14H,7,11,21H2,1-4H3. The highest BCUT2D eigenvalue weighted by Gasteiger charge is 2.18. The minimum atomic E-state index is -0.405. The number of rotatable bonds is 8. The highest BCUT2D eigenvalue weighted by Crippen LogP contribution is 2.37. The fourth-order valence-corrected chi connectivity index (χ4v) is 2.79. The molecule has 5 nitrogen and oxygen atoms in total. The Balaban J connectivity index is 2.36. The largest absolute Gasteiger partial charge is 0.496 e. The van der Waals surface area contributed by atoms with Crippen molar-refractivity contribution < 1.29 is 23.3 Å². The molecule has 0 aromatic heterocycles. The van der Waals surface area contributed by atoms with Crippen molar-refractivity contribution >= 4 is 0 Å². The molecule has 0 fully saturated rings. The molecule has 0 aliphatic carbocycles. The second-order valence-corrected chi connectivity index (χ2v) is 5.55. The first kappa shape index (κ1) is 18.9. The van der Waals surface area contributed by atoms with Gasteiger partial charge in [-0.15, -0.1) is 0 Å². The van der Waals surface area contributed by atoms with Crippen LogP contribution in [0.1, 0.15) is 17.0 Å². The summed E-state index contributed by atoms with van der Waals surface area (Å²) >= 11 is 0. The molecule has 0 bridgehead atoms. The van der Waals surface area contributed by atoms with Crippen molar-refractivity contribution in [3.63, 3.8) is 0 Å². The summed E-state index contributed by atoms with van der Waals surface area (Å²) in [6.07, 6.45) is 0.575. The molecule has 0 heterocycles. The number of methoxy groups -OCH3 is 4. The summed E-state index contributed by atoms with van der Waals surface area (Å²) < 4.78 is 35.1. The molecule has 0 saturated carbocycles. The number of halogens is 1. The van der Waals surface area contributed by atoms with Gasteiger partial charge < -0.3 is 24.7 Å². The third kappa shape index (κ3) is 4.14. The zero-order valence-electron chi connectivity index (χ0n) is 15.0. The van der Waals surface area contributed by atoms with E-state index in [1.807, 2.05) is 12.1 Å². The Labute approximate surface area is 147 Å². The van der Waals surface area contributed by atoms with Crippen LogP contribution in [-0.4, -0.2) is 35.0 Å². The molecule has 1 unspecified atom stereocenters. The van der Waals surface area contributed by atoms with Crippen LogP contribution in [0.3, 0.4) is 0 Å². The van der Waals surface area contributed by atoms with Crippen molar-refractivity contribution in [3.8, 4) is 23.0 Å². The van der Waals surface area contributed by atoms with Gasteiger partial charge in [0.15, 0.2) is 23.1 Å². The Morgan fingerprint density at radius 2 is 1.44 bits per heavy atom. The summed E-state index contributed by atoms with van der Waals surface area (Å²) in [5.41, 5.74) is 7.65. The van der Waals surface area contributed by atoms with Crippen LogP contribution in [0, 0.1) is 5.82 Å². The highest BCUT2D eigenvalue weighted by molar-refractivity contribution is 5.51. The zero-order valence-corrected chi connectivity index (χ0v) is 15.0. The van der Waals surface area contributed by atoms with E-state index in [4.69, 9.17) is 24.7 Å². The fourth-order valence-electron chi connectivity index (χ4n) is 2.79. The van der Waals surface area contributed by atoms with Gasteiger partial charge in [0.25, 0.3) is 0 Å². The average Bonchev–Trinajstić information content (AvgIpc) is 2.65. The number of ether oxygens (including phenoxy) is 4. The van der Waals surface area contributed by atoms with Gasteiger partial charge in [-0.25, -0.2) is 4.39 Å². The number of hydrogen-bond acceptors (Lipinski definition) is 5. The molecule has 136 valence electrons. The maximum Gasteiger partial charge on any atom is 0.165 e. The van der Waals surface area contributed by atoms with Gasteiger partial charge in [0.1, 0.15) is 5.75 Å². The Hall–Kier alpha value is -2.47. The first-order chi connectivity index (χ1) is 12.1. The van der Waals surface area contributed by atoms with Crippen molar-refractivity contribution in [2.24, 2.45) is 5.73 Å². The number of benzene rings is 2. The molecule has 25 heavy (non-hydrogen) atoms. The van der Waals surface area contributed by atoms with Crippen LogP contribution in [0.4, 0.5) is 4.39 Å². The zero-order chi connectivity index (χ0) is 18.4. The van der Waals surface area contributed by atoms with E-state index < -0.39 is 5.82 Å². The Bertz CT molecular complexity index is 721. The Morgan fingerprint density at radius 3 is 1.96 bits per heavy atom. The van der Waals surface area contributed by atoms with Crippen LogP contribution < -0.4 is 24.7 Å².